The third-order valence-corrected chi connectivity index (χ3v) is 4.26. The number of rotatable bonds is 5. The van der Waals surface area contributed by atoms with Crippen molar-refractivity contribution in [2.75, 3.05) is 26.7 Å². The number of benzene rings is 1. The molecule has 114 valence electrons. The third kappa shape index (κ3) is 4.05. The maximum absolute atomic E-state index is 12.4. The fourth-order valence-electron chi connectivity index (χ4n) is 2.47. The van der Waals surface area contributed by atoms with Crippen LogP contribution < -0.4 is 0 Å². The molecule has 1 aliphatic heterocycles. The molecule has 21 heavy (non-hydrogen) atoms. The summed E-state index contributed by atoms with van der Waals surface area (Å²) in [4.78, 5) is 28.2. The van der Waals surface area contributed by atoms with Crippen molar-refractivity contribution in [3.8, 4) is 0 Å². The Morgan fingerprint density at radius 1 is 1.24 bits per heavy atom. The van der Waals surface area contributed by atoms with Gasteiger partial charge in [0.1, 0.15) is 0 Å². The Bertz CT molecular complexity index is 510. The first-order valence-electron chi connectivity index (χ1n) is 7.27. The molecule has 0 aliphatic carbocycles. The van der Waals surface area contributed by atoms with Crippen LogP contribution in [0.1, 0.15) is 30.1 Å². The molecular formula is C16H21ClN2O2. The smallest absolute Gasteiger partial charge is 0.236 e. The van der Waals surface area contributed by atoms with Crippen molar-refractivity contribution in [1.29, 1.82) is 0 Å². The summed E-state index contributed by atoms with van der Waals surface area (Å²) in [6.07, 6.45) is 2.16. The van der Waals surface area contributed by atoms with Gasteiger partial charge < -0.3 is 4.90 Å². The van der Waals surface area contributed by atoms with Gasteiger partial charge in [-0.2, -0.15) is 0 Å². The molecule has 4 nitrogen and oxygen atoms in total. The first-order chi connectivity index (χ1) is 9.99. The van der Waals surface area contributed by atoms with Crippen LogP contribution in [0.5, 0.6) is 0 Å². The normalized spacial score (nSPS) is 16.3. The summed E-state index contributed by atoms with van der Waals surface area (Å²) in [5.41, 5.74) is 0.618. The lowest BCUT2D eigenvalue weighted by Crippen LogP contribution is -2.43. The Kier molecular flexibility index (Phi) is 5.37. The van der Waals surface area contributed by atoms with Crippen molar-refractivity contribution in [3.63, 3.8) is 0 Å². The molecule has 1 aliphatic rings. The molecule has 1 fully saturated rings. The molecule has 0 radical (unpaired) electrons. The lowest BCUT2D eigenvalue weighted by molar-refractivity contribution is -0.131. The molecule has 0 bridgehead atoms. The summed E-state index contributed by atoms with van der Waals surface area (Å²) in [7, 11) is 1.81. The summed E-state index contributed by atoms with van der Waals surface area (Å²) < 4.78 is 0. The van der Waals surface area contributed by atoms with E-state index in [1.54, 1.807) is 29.2 Å². The van der Waals surface area contributed by atoms with Crippen molar-refractivity contribution >= 4 is 23.3 Å². The fraction of sp³-hybridized carbons (Fsp3) is 0.500. The lowest BCUT2D eigenvalue weighted by atomic mass is 10.0. The summed E-state index contributed by atoms with van der Waals surface area (Å²) in [5.74, 6) is 0.106. The first-order valence-corrected chi connectivity index (χ1v) is 7.64. The molecule has 1 saturated heterocycles. The lowest BCUT2D eigenvalue weighted by Gasteiger charge is -2.25. The van der Waals surface area contributed by atoms with Crippen molar-refractivity contribution < 1.29 is 9.59 Å². The highest BCUT2D eigenvalue weighted by Crippen LogP contribution is 2.14. The van der Waals surface area contributed by atoms with Crippen LogP contribution in [-0.2, 0) is 4.79 Å². The van der Waals surface area contributed by atoms with Crippen LogP contribution in [0.2, 0.25) is 5.02 Å². The molecule has 5 heteroatoms. The van der Waals surface area contributed by atoms with Gasteiger partial charge in [0, 0.05) is 23.7 Å². The second-order valence-electron chi connectivity index (χ2n) is 5.55. The monoisotopic (exact) mass is 308 g/mol. The third-order valence-electron chi connectivity index (χ3n) is 4.01. The van der Waals surface area contributed by atoms with E-state index in [0.717, 1.165) is 25.9 Å². The standard InChI is InChI=1S/C16H21ClN2O2/c1-12(16(21)13-5-7-14(17)8-6-13)18(2)11-15(20)19-9-3-4-10-19/h5-8,12H,3-4,9-11H2,1-2H3. The number of likely N-dealkylation sites (tertiary alicyclic amines) is 1. The topological polar surface area (TPSA) is 40.6 Å². The van der Waals surface area contributed by atoms with E-state index >= 15 is 0 Å². The van der Waals surface area contributed by atoms with Crippen molar-refractivity contribution in [3.05, 3.63) is 34.9 Å². The number of halogens is 1. The second-order valence-corrected chi connectivity index (χ2v) is 5.99. The predicted molar refractivity (Wildman–Crippen MR) is 83.7 cm³/mol. The molecule has 0 spiro atoms. The number of hydrogen-bond acceptors (Lipinski definition) is 3. The molecule has 0 N–H and O–H groups in total. The quantitative estimate of drug-likeness (QED) is 0.785. The molecule has 0 saturated carbocycles. The molecule has 1 unspecified atom stereocenters. The van der Waals surface area contributed by atoms with Gasteiger partial charge in [-0.15, -0.1) is 0 Å². The summed E-state index contributed by atoms with van der Waals surface area (Å²) in [5, 5.41) is 0.608. The summed E-state index contributed by atoms with van der Waals surface area (Å²) >= 11 is 5.83. The minimum atomic E-state index is -0.335. The van der Waals surface area contributed by atoms with E-state index in [9.17, 15) is 9.59 Å². The van der Waals surface area contributed by atoms with Gasteiger partial charge in [0.15, 0.2) is 5.78 Å². The van der Waals surface area contributed by atoms with Crippen LogP contribution in [-0.4, -0.2) is 54.2 Å². The van der Waals surface area contributed by atoms with Crippen LogP contribution in [0.3, 0.4) is 0 Å². The molecular weight excluding hydrogens is 288 g/mol. The molecule has 0 aromatic heterocycles. The average molecular weight is 309 g/mol. The average Bonchev–Trinajstić information content (AvgIpc) is 3.00. The Balaban J connectivity index is 1.94. The zero-order chi connectivity index (χ0) is 15.4. The maximum Gasteiger partial charge on any atom is 0.236 e. The minimum Gasteiger partial charge on any atom is -0.342 e. The number of carbonyl (C=O) groups is 2. The first kappa shape index (κ1) is 16.0. The Morgan fingerprint density at radius 3 is 2.38 bits per heavy atom. The molecule has 1 amide bonds. The Labute approximate surface area is 130 Å². The van der Waals surface area contributed by atoms with E-state index in [1.165, 1.54) is 0 Å². The van der Waals surface area contributed by atoms with Crippen molar-refractivity contribution in [2.24, 2.45) is 0 Å². The van der Waals surface area contributed by atoms with E-state index in [0.29, 0.717) is 10.6 Å². The number of hydrogen-bond donors (Lipinski definition) is 0. The number of ketones is 1. The number of likely N-dealkylation sites (N-methyl/N-ethyl adjacent to an activating group) is 1. The molecule has 2 rings (SSSR count). The number of Topliss-reactive ketones (excluding diaryl/α,β-unsaturated/α-hetero) is 1. The van der Waals surface area contributed by atoms with E-state index < -0.39 is 0 Å². The van der Waals surface area contributed by atoms with Gasteiger partial charge in [-0.05, 0) is 51.1 Å². The molecule has 1 aromatic carbocycles. The van der Waals surface area contributed by atoms with Gasteiger partial charge in [-0.1, -0.05) is 11.6 Å². The van der Waals surface area contributed by atoms with E-state index in [1.807, 2.05) is 18.9 Å². The van der Waals surface area contributed by atoms with Crippen molar-refractivity contribution in [2.45, 2.75) is 25.8 Å². The zero-order valence-electron chi connectivity index (χ0n) is 12.5. The van der Waals surface area contributed by atoms with E-state index in [4.69, 9.17) is 11.6 Å². The van der Waals surface area contributed by atoms with Crippen molar-refractivity contribution in [1.82, 2.24) is 9.80 Å². The van der Waals surface area contributed by atoms with Gasteiger partial charge in [0.2, 0.25) is 5.91 Å². The van der Waals surface area contributed by atoms with Crippen LogP contribution in [0.15, 0.2) is 24.3 Å². The highest BCUT2D eigenvalue weighted by molar-refractivity contribution is 6.30. The largest absolute Gasteiger partial charge is 0.342 e. The predicted octanol–water partition coefficient (Wildman–Crippen LogP) is 2.47. The van der Waals surface area contributed by atoms with Gasteiger partial charge in [-0.3, -0.25) is 14.5 Å². The van der Waals surface area contributed by atoms with Gasteiger partial charge >= 0.3 is 0 Å². The van der Waals surface area contributed by atoms with Crippen LogP contribution in [0.25, 0.3) is 0 Å². The highest BCUT2D eigenvalue weighted by atomic mass is 35.5. The zero-order valence-corrected chi connectivity index (χ0v) is 13.3. The SMILES string of the molecule is CC(C(=O)c1ccc(Cl)cc1)N(C)CC(=O)N1CCCC1. The number of carbonyl (C=O) groups excluding carboxylic acids is 2. The molecule has 1 aromatic rings. The van der Waals surface area contributed by atoms with Gasteiger partial charge in [0.05, 0.1) is 12.6 Å². The number of nitrogens with zero attached hydrogens (tertiary/aromatic N) is 2. The number of amides is 1. The maximum atomic E-state index is 12.4. The fourth-order valence-corrected chi connectivity index (χ4v) is 2.60. The van der Waals surface area contributed by atoms with Gasteiger partial charge in [0.25, 0.3) is 0 Å². The van der Waals surface area contributed by atoms with E-state index in [2.05, 4.69) is 0 Å². The molecule has 1 atom stereocenters. The van der Waals surface area contributed by atoms with Crippen LogP contribution >= 0.6 is 11.6 Å². The highest BCUT2D eigenvalue weighted by Gasteiger charge is 2.24. The van der Waals surface area contributed by atoms with Crippen LogP contribution in [0.4, 0.5) is 0 Å². The second kappa shape index (κ2) is 7.05. The summed E-state index contributed by atoms with van der Waals surface area (Å²) in [6, 6.07) is 6.51. The minimum absolute atomic E-state index is 0.00314. The molecule has 1 heterocycles. The Hall–Kier alpha value is -1.39. The van der Waals surface area contributed by atoms with Crippen LogP contribution in [0, 0.1) is 0 Å². The summed E-state index contributed by atoms with van der Waals surface area (Å²) in [6.45, 7) is 3.78. The van der Waals surface area contributed by atoms with Gasteiger partial charge in [-0.25, -0.2) is 0 Å². The van der Waals surface area contributed by atoms with E-state index in [-0.39, 0.29) is 24.3 Å². The Morgan fingerprint density at radius 2 is 1.81 bits per heavy atom.